The van der Waals surface area contributed by atoms with E-state index in [-0.39, 0.29) is 0 Å². The molecule has 0 aliphatic heterocycles. The molecule has 78 valence electrons. The van der Waals surface area contributed by atoms with E-state index in [2.05, 4.69) is 35.1 Å². The van der Waals surface area contributed by atoms with Gasteiger partial charge in [0.25, 0.3) is 0 Å². The van der Waals surface area contributed by atoms with Crippen LogP contribution in [0.3, 0.4) is 0 Å². The molecule has 0 saturated heterocycles. The molecule has 3 heteroatoms. The highest BCUT2D eigenvalue weighted by molar-refractivity contribution is 9.10. The minimum absolute atomic E-state index is 0.314. The van der Waals surface area contributed by atoms with Gasteiger partial charge in [-0.3, -0.25) is 0 Å². The van der Waals surface area contributed by atoms with Crippen molar-refractivity contribution >= 4 is 15.9 Å². The van der Waals surface area contributed by atoms with E-state index in [1.165, 1.54) is 6.42 Å². The van der Waals surface area contributed by atoms with E-state index in [1.54, 1.807) is 0 Å². The Balaban J connectivity index is 1.80. The van der Waals surface area contributed by atoms with Gasteiger partial charge in [0.15, 0.2) is 4.67 Å². The fourth-order valence-corrected chi connectivity index (χ4v) is 1.99. The molecule has 0 amide bonds. The fraction of sp³-hybridized carbons (Fsp3) is 0.636. The van der Waals surface area contributed by atoms with Gasteiger partial charge in [-0.05, 0) is 59.8 Å². The lowest BCUT2D eigenvalue weighted by Crippen LogP contribution is -2.21. The molecule has 0 radical (unpaired) electrons. The third-order valence-electron chi connectivity index (χ3n) is 2.98. The second-order valence-corrected chi connectivity index (χ2v) is 5.03. The normalized spacial score (nSPS) is 27.6. The van der Waals surface area contributed by atoms with E-state index in [1.807, 2.05) is 12.1 Å². The van der Waals surface area contributed by atoms with Crippen molar-refractivity contribution in [3.8, 4) is 0 Å². The van der Waals surface area contributed by atoms with E-state index >= 15 is 0 Å². The number of halogens is 1. The molecule has 1 aliphatic rings. The molecule has 1 aromatic rings. The van der Waals surface area contributed by atoms with Gasteiger partial charge < -0.3 is 9.73 Å². The number of hydrogen-bond acceptors (Lipinski definition) is 2. The number of furan rings is 1. The lowest BCUT2D eigenvalue weighted by atomic mass is 10.2. The first kappa shape index (κ1) is 10.2. The van der Waals surface area contributed by atoms with Gasteiger partial charge >= 0.3 is 0 Å². The highest BCUT2D eigenvalue weighted by Gasteiger charge is 2.32. The average molecular weight is 258 g/mol. The summed E-state index contributed by atoms with van der Waals surface area (Å²) in [5.41, 5.74) is 0. The van der Waals surface area contributed by atoms with Crippen LogP contribution in [0.4, 0.5) is 0 Å². The van der Waals surface area contributed by atoms with Crippen molar-refractivity contribution in [2.24, 2.45) is 11.8 Å². The molecular formula is C11H16BrNO. The van der Waals surface area contributed by atoms with Crippen LogP contribution in [0.2, 0.25) is 0 Å². The summed E-state index contributed by atoms with van der Waals surface area (Å²) in [4.78, 5) is 0. The summed E-state index contributed by atoms with van der Waals surface area (Å²) >= 11 is 3.31. The molecule has 3 atom stereocenters. The van der Waals surface area contributed by atoms with Crippen molar-refractivity contribution in [3.63, 3.8) is 0 Å². The Morgan fingerprint density at radius 2 is 2.36 bits per heavy atom. The van der Waals surface area contributed by atoms with Gasteiger partial charge in [0.1, 0.15) is 5.76 Å². The average Bonchev–Trinajstić information content (AvgIpc) is 2.66. The monoisotopic (exact) mass is 257 g/mol. The number of hydrogen-bond donors (Lipinski definition) is 1. The summed E-state index contributed by atoms with van der Waals surface area (Å²) in [5, 5.41) is 3.49. The summed E-state index contributed by atoms with van der Waals surface area (Å²) in [7, 11) is 0. The Labute approximate surface area is 93.2 Å². The SMILES string of the molecule is CC(NCC1CC1C)c1ccc(Br)o1. The molecule has 2 nitrogen and oxygen atoms in total. The summed E-state index contributed by atoms with van der Waals surface area (Å²) in [6, 6.07) is 4.26. The topological polar surface area (TPSA) is 25.2 Å². The standard InChI is InChI=1S/C11H16BrNO/c1-7-5-9(7)6-13-8(2)10-3-4-11(12)14-10/h3-4,7-9,13H,5-6H2,1-2H3. The zero-order valence-electron chi connectivity index (χ0n) is 8.59. The smallest absolute Gasteiger partial charge is 0.169 e. The van der Waals surface area contributed by atoms with E-state index in [9.17, 15) is 0 Å². The second-order valence-electron chi connectivity index (χ2n) is 4.24. The van der Waals surface area contributed by atoms with Crippen molar-refractivity contribution in [3.05, 3.63) is 22.6 Å². The maximum Gasteiger partial charge on any atom is 0.169 e. The quantitative estimate of drug-likeness (QED) is 0.895. The molecule has 1 saturated carbocycles. The van der Waals surface area contributed by atoms with Crippen molar-refractivity contribution in [2.45, 2.75) is 26.3 Å². The maximum atomic E-state index is 5.48. The van der Waals surface area contributed by atoms with Crippen LogP contribution in [0.15, 0.2) is 21.2 Å². The van der Waals surface area contributed by atoms with Crippen LogP contribution in [0, 0.1) is 11.8 Å². The van der Waals surface area contributed by atoms with Gasteiger partial charge in [0.05, 0.1) is 6.04 Å². The molecule has 1 N–H and O–H groups in total. The van der Waals surface area contributed by atoms with Gasteiger partial charge in [-0.2, -0.15) is 0 Å². The number of rotatable bonds is 4. The predicted octanol–water partition coefficient (Wildman–Crippen LogP) is 3.35. The zero-order valence-corrected chi connectivity index (χ0v) is 10.2. The van der Waals surface area contributed by atoms with E-state index in [4.69, 9.17) is 4.42 Å². The first-order chi connectivity index (χ1) is 6.66. The Morgan fingerprint density at radius 1 is 1.64 bits per heavy atom. The first-order valence-corrected chi connectivity index (χ1v) is 5.94. The third-order valence-corrected chi connectivity index (χ3v) is 3.41. The lowest BCUT2D eigenvalue weighted by Gasteiger charge is -2.10. The van der Waals surface area contributed by atoms with Crippen LogP contribution in [0.1, 0.15) is 32.1 Å². The van der Waals surface area contributed by atoms with Crippen LogP contribution in [-0.2, 0) is 0 Å². The predicted molar refractivity (Wildman–Crippen MR) is 60.1 cm³/mol. The number of nitrogens with one attached hydrogen (secondary N) is 1. The molecule has 0 spiro atoms. The van der Waals surface area contributed by atoms with Crippen LogP contribution in [-0.4, -0.2) is 6.54 Å². The largest absolute Gasteiger partial charge is 0.453 e. The van der Waals surface area contributed by atoms with Crippen molar-refractivity contribution in [1.29, 1.82) is 0 Å². The maximum absolute atomic E-state index is 5.48. The molecule has 2 rings (SSSR count). The second kappa shape index (κ2) is 4.07. The Morgan fingerprint density at radius 3 is 2.86 bits per heavy atom. The fourth-order valence-electron chi connectivity index (χ4n) is 1.67. The van der Waals surface area contributed by atoms with Crippen molar-refractivity contribution in [2.75, 3.05) is 6.54 Å². The summed E-state index contributed by atoms with van der Waals surface area (Å²) < 4.78 is 6.29. The van der Waals surface area contributed by atoms with Gasteiger partial charge in [-0.1, -0.05) is 6.92 Å². The summed E-state index contributed by atoms with van der Waals surface area (Å²) in [5.74, 6) is 2.80. The molecule has 14 heavy (non-hydrogen) atoms. The van der Waals surface area contributed by atoms with Gasteiger partial charge in [-0.15, -0.1) is 0 Å². The van der Waals surface area contributed by atoms with Crippen LogP contribution in [0.25, 0.3) is 0 Å². The minimum atomic E-state index is 0.314. The molecule has 1 heterocycles. The molecule has 1 aliphatic carbocycles. The third kappa shape index (κ3) is 2.39. The van der Waals surface area contributed by atoms with Crippen LogP contribution in [0.5, 0.6) is 0 Å². The first-order valence-electron chi connectivity index (χ1n) is 5.15. The van der Waals surface area contributed by atoms with Crippen LogP contribution >= 0.6 is 15.9 Å². The molecular weight excluding hydrogens is 242 g/mol. The van der Waals surface area contributed by atoms with Crippen LogP contribution < -0.4 is 5.32 Å². The Kier molecular flexibility index (Phi) is 2.98. The van der Waals surface area contributed by atoms with E-state index < -0.39 is 0 Å². The summed E-state index contributed by atoms with van der Waals surface area (Å²) in [6.07, 6.45) is 1.38. The van der Waals surface area contributed by atoms with E-state index in [0.717, 1.165) is 28.8 Å². The van der Waals surface area contributed by atoms with Crippen molar-refractivity contribution in [1.82, 2.24) is 5.32 Å². The highest BCUT2D eigenvalue weighted by Crippen LogP contribution is 2.37. The molecule has 1 fully saturated rings. The molecule has 1 aromatic heterocycles. The summed E-state index contributed by atoms with van der Waals surface area (Å²) in [6.45, 7) is 5.56. The van der Waals surface area contributed by atoms with E-state index in [0.29, 0.717) is 6.04 Å². The lowest BCUT2D eigenvalue weighted by molar-refractivity contribution is 0.412. The Hall–Kier alpha value is -0.280. The highest BCUT2D eigenvalue weighted by atomic mass is 79.9. The minimum Gasteiger partial charge on any atom is -0.453 e. The zero-order chi connectivity index (χ0) is 10.1. The van der Waals surface area contributed by atoms with Crippen molar-refractivity contribution < 1.29 is 4.42 Å². The van der Waals surface area contributed by atoms with Gasteiger partial charge in [-0.25, -0.2) is 0 Å². The molecule has 0 bridgehead atoms. The Bertz CT molecular complexity index is 310. The molecule has 3 unspecified atom stereocenters. The molecule has 0 aromatic carbocycles. The van der Waals surface area contributed by atoms with Gasteiger partial charge in [0, 0.05) is 0 Å². The van der Waals surface area contributed by atoms with Gasteiger partial charge in [0.2, 0.25) is 0 Å².